The molecule has 0 aliphatic heterocycles. The van der Waals surface area contributed by atoms with Crippen LogP contribution in [-0.4, -0.2) is 15.0 Å². The van der Waals surface area contributed by atoms with Crippen LogP contribution in [0.15, 0.2) is 54.9 Å². The number of pyridine rings is 1. The van der Waals surface area contributed by atoms with Crippen LogP contribution in [0.25, 0.3) is 22.5 Å². The Labute approximate surface area is 117 Å². The number of aryl methyl sites for hydroxylation is 1. The van der Waals surface area contributed by atoms with Crippen LogP contribution in [0.3, 0.4) is 0 Å². The maximum absolute atomic E-state index is 5.59. The molecule has 0 aliphatic rings. The largest absolute Gasteiger partial charge is 0.368 e. The van der Waals surface area contributed by atoms with Crippen molar-refractivity contribution >= 4 is 5.95 Å². The van der Waals surface area contributed by atoms with Crippen molar-refractivity contribution in [2.24, 2.45) is 0 Å². The highest BCUT2D eigenvalue weighted by Gasteiger charge is 2.03. The van der Waals surface area contributed by atoms with Crippen molar-refractivity contribution in [1.29, 1.82) is 0 Å². The molecule has 1 aromatic carbocycles. The van der Waals surface area contributed by atoms with E-state index in [-0.39, 0.29) is 5.95 Å². The lowest BCUT2D eigenvalue weighted by molar-refractivity contribution is 1.18. The molecule has 0 amide bonds. The first-order valence-electron chi connectivity index (χ1n) is 6.34. The quantitative estimate of drug-likeness (QED) is 0.770. The number of anilines is 1. The minimum Gasteiger partial charge on any atom is -0.368 e. The molecule has 4 heteroatoms. The van der Waals surface area contributed by atoms with Gasteiger partial charge in [-0.15, -0.1) is 0 Å². The van der Waals surface area contributed by atoms with Crippen LogP contribution >= 0.6 is 0 Å². The first kappa shape index (κ1) is 12.3. The second-order valence-corrected chi connectivity index (χ2v) is 4.60. The number of benzene rings is 1. The van der Waals surface area contributed by atoms with Crippen LogP contribution in [0, 0.1) is 6.92 Å². The van der Waals surface area contributed by atoms with Gasteiger partial charge < -0.3 is 5.73 Å². The molecule has 2 aromatic heterocycles. The van der Waals surface area contributed by atoms with Crippen molar-refractivity contribution in [3.63, 3.8) is 0 Å². The average Bonchev–Trinajstić information content (AvgIpc) is 2.47. The number of hydrogen-bond donors (Lipinski definition) is 1. The van der Waals surface area contributed by atoms with Crippen molar-refractivity contribution < 1.29 is 0 Å². The zero-order valence-corrected chi connectivity index (χ0v) is 11.1. The Hall–Kier alpha value is -2.75. The molecule has 3 aromatic rings. The first-order chi connectivity index (χ1) is 9.72. The molecule has 0 radical (unpaired) electrons. The Morgan fingerprint density at radius 1 is 0.900 bits per heavy atom. The molecule has 4 nitrogen and oxygen atoms in total. The van der Waals surface area contributed by atoms with Crippen molar-refractivity contribution in [1.82, 2.24) is 15.0 Å². The number of rotatable bonds is 2. The first-order valence-corrected chi connectivity index (χ1v) is 6.34. The van der Waals surface area contributed by atoms with Gasteiger partial charge in [-0.05, 0) is 31.2 Å². The van der Waals surface area contributed by atoms with Gasteiger partial charge >= 0.3 is 0 Å². The van der Waals surface area contributed by atoms with E-state index in [4.69, 9.17) is 5.73 Å². The number of nitrogens with two attached hydrogens (primary N) is 1. The lowest BCUT2D eigenvalue weighted by Crippen LogP contribution is -1.95. The summed E-state index contributed by atoms with van der Waals surface area (Å²) in [6.45, 7) is 2.07. The van der Waals surface area contributed by atoms with E-state index in [0.717, 1.165) is 22.5 Å². The third-order valence-corrected chi connectivity index (χ3v) is 3.05. The van der Waals surface area contributed by atoms with Crippen LogP contribution in [-0.2, 0) is 0 Å². The molecule has 3 rings (SSSR count). The summed E-state index contributed by atoms with van der Waals surface area (Å²) < 4.78 is 0. The van der Waals surface area contributed by atoms with E-state index in [9.17, 15) is 0 Å². The standard InChI is InChI=1S/C16H14N4/c1-11-3-2-4-12(9-11)14-6-5-13(10-19-14)15-7-8-18-16(17)20-15/h2-10H,1H3,(H2,17,18,20). The predicted molar refractivity (Wildman–Crippen MR) is 79.8 cm³/mol. The smallest absolute Gasteiger partial charge is 0.220 e. The minimum absolute atomic E-state index is 0.269. The van der Waals surface area contributed by atoms with E-state index in [1.165, 1.54) is 5.56 Å². The molecule has 0 unspecified atom stereocenters. The molecule has 2 N–H and O–H groups in total. The normalized spacial score (nSPS) is 10.4. The SMILES string of the molecule is Cc1cccc(-c2ccc(-c3ccnc(N)n3)cn2)c1. The van der Waals surface area contributed by atoms with Crippen molar-refractivity contribution in [2.45, 2.75) is 6.92 Å². The maximum Gasteiger partial charge on any atom is 0.220 e. The third kappa shape index (κ3) is 2.49. The van der Waals surface area contributed by atoms with Crippen LogP contribution < -0.4 is 5.73 Å². The number of aromatic nitrogens is 3. The second-order valence-electron chi connectivity index (χ2n) is 4.60. The average molecular weight is 262 g/mol. The summed E-state index contributed by atoms with van der Waals surface area (Å²) in [5.74, 6) is 0.269. The Bertz CT molecular complexity index is 671. The highest BCUT2D eigenvalue weighted by atomic mass is 15.0. The molecule has 20 heavy (non-hydrogen) atoms. The lowest BCUT2D eigenvalue weighted by atomic mass is 10.1. The van der Waals surface area contributed by atoms with Crippen molar-refractivity contribution in [3.05, 3.63) is 60.4 Å². The zero-order chi connectivity index (χ0) is 13.9. The Morgan fingerprint density at radius 3 is 2.50 bits per heavy atom. The fraction of sp³-hybridized carbons (Fsp3) is 0.0625. The minimum atomic E-state index is 0.269. The highest BCUT2D eigenvalue weighted by molar-refractivity contribution is 5.65. The van der Waals surface area contributed by atoms with Gasteiger partial charge in [0.15, 0.2) is 0 Å². The summed E-state index contributed by atoms with van der Waals surface area (Å²) in [5.41, 5.74) is 10.6. The van der Waals surface area contributed by atoms with E-state index in [1.54, 1.807) is 12.4 Å². The van der Waals surface area contributed by atoms with Gasteiger partial charge in [0.25, 0.3) is 0 Å². The Kier molecular flexibility index (Phi) is 3.13. The molecular formula is C16H14N4. The van der Waals surface area contributed by atoms with Gasteiger partial charge in [0.1, 0.15) is 0 Å². The predicted octanol–water partition coefficient (Wildman–Crippen LogP) is 3.10. The summed E-state index contributed by atoms with van der Waals surface area (Å²) in [7, 11) is 0. The molecule has 0 fully saturated rings. The lowest BCUT2D eigenvalue weighted by Gasteiger charge is -2.04. The summed E-state index contributed by atoms with van der Waals surface area (Å²) in [6, 6.07) is 14.1. The van der Waals surface area contributed by atoms with Gasteiger partial charge in [-0.1, -0.05) is 23.8 Å². The second kappa shape index (κ2) is 5.09. The monoisotopic (exact) mass is 262 g/mol. The third-order valence-electron chi connectivity index (χ3n) is 3.05. The molecule has 2 heterocycles. The van der Waals surface area contributed by atoms with Gasteiger partial charge in [0, 0.05) is 23.5 Å². The molecule has 0 saturated heterocycles. The Morgan fingerprint density at radius 2 is 1.80 bits per heavy atom. The fourth-order valence-corrected chi connectivity index (χ4v) is 2.06. The highest BCUT2D eigenvalue weighted by Crippen LogP contribution is 2.22. The van der Waals surface area contributed by atoms with E-state index < -0.39 is 0 Å². The molecular weight excluding hydrogens is 248 g/mol. The molecule has 98 valence electrons. The van der Waals surface area contributed by atoms with E-state index in [1.807, 2.05) is 24.3 Å². The number of nitrogen functional groups attached to an aromatic ring is 1. The van der Waals surface area contributed by atoms with Crippen molar-refractivity contribution in [3.8, 4) is 22.5 Å². The summed E-state index contributed by atoms with van der Waals surface area (Å²) in [6.07, 6.45) is 3.45. The molecule has 0 aliphatic carbocycles. The van der Waals surface area contributed by atoms with E-state index in [0.29, 0.717) is 0 Å². The van der Waals surface area contributed by atoms with Gasteiger partial charge in [0.2, 0.25) is 5.95 Å². The molecule has 0 bridgehead atoms. The van der Waals surface area contributed by atoms with Crippen LogP contribution in [0.5, 0.6) is 0 Å². The molecule has 0 saturated carbocycles. The van der Waals surface area contributed by atoms with Gasteiger partial charge in [0.05, 0.1) is 11.4 Å². The number of hydrogen-bond acceptors (Lipinski definition) is 4. The summed E-state index contributed by atoms with van der Waals surface area (Å²) in [5, 5.41) is 0. The molecule has 0 spiro atoms. The maximum atomic E-state index is 5.59. The van der Waals surface area contributed by atoms with E-state index in [2.05, 4.69) is 40.1 Å². The Balaban J connectivity index is 1.96. The zero-order valence-electron chi connectivity index (χ0n) is 11.1. The van der Waals surface area contributed by atoms with Gasteiger partial charge in [-0.25, -0.2) is 9.97 Å². The van der Waals surface area contributed by atoms with Crippen LogP contribution in [0.4, 0.5) is 5.95 Å². The van der Waals surface area contributed by atoms with Gasteiger partial charge in [-0.3, -0.25) is 4.98 Å². The number of nitrogens with zero attached hydrogens (tertiary/aromatic N) is 3. The topological polar surface area (TPSA) is 64.7 Å². The fourth-order valence-electron chi connectivity index (χ4n) is 2.06. The molecule has 0 atom stereocenters. The van der Waals surface area contributed by atoms with Crippen LogP contribution in [0.2, 0.25) is 0 Å². The van der Waals surface area contributed by atoms with Crippen LogP contribution in [0.1, 0.15) is 5.56 Å². The van der Waals surface area contributed by atoms with Crippen molar-refractivity contribution in [2.75, 3.05) is 5.73 Å². The van der Waals surface area contributed by atoms with E-state index >= 15 is 0 Å². The summed E-state index contributed by atoms with van der Waals surface area (Å²) in [4.78, 5) is 12.6. The van der Waals surface area contributed by atoms with Gasteiger partial charge in [-0.2, -0.15) is 0 Å². The summed E-state index contributed by atoms with van der Waals surface area (Å²) >= 11 is 0.